The lowest BCUT2D eigenvalue weighted by molar-refractivity contribution is 0.0343. The number of halogens is 1. The molecule has 6 heteroatoms. The summed E-state index contributed by atoms with van der Waals surface area (Å²) >= 11 is 0. The van der Waals surface area contributed by atoms with Gasteiger partial charge in [0.25, 0.3) is 5.91 Å². The van der Waals surface area contributed by atoms with Crippen molar-refractivity contribution in [3.63, 3.8) is 0 Å². The minimum atomic E-state index is -0.557. The first kappa shape index (κ1) is 14.7. The van der Waals surface area contributed by atoms with Crippen molar-refractivity contribution in [3.8, 4) is 5.75 Å². The van der Waals surface area contributed by atoms with Crippen LogP contribution in [0, 0.1) is 5.82 Å². The fourth-order valence-corrected chi connectivity index (χ4v) is 2.14. The number of aromatic hydroxyl groups is 1. The Balaban J connectivity index is 1.73. The van der Waals surface area contributed by atoms with Crippen molar-refractivity contribution in [3.05, 3.63) is 29.6 Å². The molecule has 1 aromatic rings. The van der Waals surface area contributed by atoms with Crippen LogP contribution in [-0.4, -0.2) is 43.4 Å². The molecule has 0 saturated carbocycles. The fraction of sp³-hybridized carbons (Fsp3) is 0.500. The highest BCUT2D eigenvalue weighted by atomic mass is 19.1. The normalized spacial score (nSPS) is 16.1. The van der Waals surface area contributed by atoms with Gasteiger partial charge in [-0.1, -0.05) is 0 Å². The van der Waals surface area contributed by atoms with Gasteiger partial charge >= 0.3 is 0 Å². The minimum absolute atomic E-state index is 0.0631. The first-order valence-corrected chi connectivity index (χ1v) is 6.76. The summed E-state index contributed by atoms with van der Waals surface area (Å²) in [5, 5.41) is 15.3. The van der Waals surface area contributed by atoms with E-state index in [1.165, 1.54) is 0 Å². The monoisotopic (exact) mass is 282 g/mol. The molecule has 1 aliphatic rings. The van der Waals surface area contributed by atoms with E-state index in [9.17, 15) is 14.3 Å². The van der Waals surface area contributed by atoms with Crippen molar-refractivity contribution in [2.45, 2.75) is 18.9 Å². The summed E-state index contributed by atoms with van der Waals surface area (Å²) in [7, 11) is 0. The smallest absolute Gasteiger partial charge is 0.255 e. The topological polar surface area (TPSA) is 70.6 Å². The molecule has 0 bridgehead atoms. The number of phenols is 1. The molecule has 0 aliphatic carbocycles. The predicted octanol–water partition coefficient (Wildman–Crippen LogP) is 1.03. The molecule has 2 rings (SSSR count). The molecule has 0 atom stereocenters. The Bertz CT molecular complexity index is 462. The molecular weight excluding hydrogens is 263 g/mol. The molecule has 110 valence electrons. The molecule has 1 aliphatic heterocycles. The quantitative estimate of drug-likeness (QED) is 0.705. The average molecular weight is 282 g/mol. The molecular formula is C14H19FN2O3. The Morgan fingerprint density at radius 3 is 2.95 bits per heavy atom. The lowest BCUT2D eigenvalue weighted by Crippen LogP contribution is -2.34. The summed E-state index contributed by atoms with van der Waals surface area (Å²) in [4.78, 5) is 11.8. The standard InChI is InChI=1S/C14H19FN2O3/c15-10-1-2-13(18)12(9-10)14(19)17-7-8-20-11-3-5-16-6-4-11/h1-2,9,11,16,18H,3-8H2,(H,17,19). The number of piperidine rings is 1. The van der Waals surface area contributed by atoms with E-state index in [4.69, 9.17) is 4.74 Å². The zero-order chi connectivity index (χ0) is 14.4. The second-order valence-electron chi connectivity index (χ2n) is 4.74. The van der Waals surface area contributed by atoms with Gasteiger partial charge < -0.3 is 20.5 Å². The highest BCUT2D eigenvalue weighted by Crippen LogP contribution is 2.17. The van der Waals surface area contributed by atoms with Crippen LogP contribution >= 0.6 is 0 Å². The van der Waals surface area contributed by atoms with Gasteiger partial charge in [0.2, 0.25) is 0 Å². The molecule has 20 heavy (non-hydrogen) atoms. The van der Waals surface area contributed by atoms with Crippen molar-refractivity contribution < 1.29 is 19.0 Å². The summed E-state index contributed by atoms with van der Waals surface area (Å²) < 4.78 is 18.6. The van der Waals surface area contributed by atoms with Crippen LogP contribution in [0.5, 0.6) is 5.75 Å². The van der Waals surface area contributed by atoms with Gasteiger partial charge in [-0.25, -0.2) is 4.39 Å². The Kier molecular flexibility index (Phi) is 5.31. The number of phenolic OH excluding ortho intramolecular Hbond substituents is 1. The number of carbonyl (C=O) groups excluding carboxylic acids is 1. The van der Waals surface area contributed by atoms with Crippen molar-refractivity contribution in [1.82, 2.24) is 10.6 Å². The average Bonchev–Trinajstić information content (AvgIpc) is 2.47. The number of carbonyl (C=O) groups is 1. The highest BCUT2D eigenvalue weighted by Gasteiger charge is 2.14. The Morgan fingerprint density at radius 1 is 1.45 bits per heavy atom. The van der Waals surface area contributed by atoms with E-state index < -0.39 is 11.7 Å². The van der Waals surface area contributed by atoms with Gasteiger partial charge in [-0.3, -0.25) is 4.79 Å². The zero-order valence-electron chi connectivity index (χ0n) is 11.2. The number of hydrogen-bond donors (Lipinski definition) is 3. The summed E-state index contributed by atoms with van der Waals surface area (Å²) in [6.45, 7) is 2.65. The summed E-state index contributed by atoms with van der Waals surface area (Å²) in [5.41, 5.74) is -0.0631. The van der Waals surface area contributed by atoms with Gasteiger partial charge in [-0.15, -0.1) is 0 Å². The maximum atomic E-state index is 13.0. The minimum Gasteiger partial charge on any atom is -0.507 e. The number of amides is 1. The lowest BCUT2D eigenvalue weighted by atomic mass is 10.1. The van der Waals surface area contributed by atoms with Crippen LogP contribution < -0.4 is 10.6 Å². The Labute approximate surface area is 117 Å². The molecule has 1 aromatic carbocycles. The third-order valence-corrected chi connectivity index (χ3v) is 3.23. The van der Waals surface area contributed by atoms with Gasteiger partial charge in [-0.2, -0.15) is 0 Å². The number of nitrogens with one attached hydrogen (secondary N) is 2. The molecule has 1 heterocycles. The van der Waals surface area contributed by atoms with Crippen LogP contribution in [0.15, 0.2) is 18.2 Å². The van der Waals surface area contributed by atoms with E-state index in [1.54, 1.807) is 0 Å². The first-order chi connectivity index (χ1) is 9.66. The maximum absolute atomic E-state index is 13.0. The van der Waals surface area contributed by atoms with E-state index >= 15 is 0 Å². The zero-order valence-corrected chi connectivity index (χ0v) is 11.2. The van der Waals surface area contributed by atoms with Crippen LogP contribution in [0.3, 0.4) is 0 Å². The van der Waals surface area contributed by atoms with Crippen molar-refractivity contribution in [1.29, 1.82) is 0 Å². The molecule has 1 saturated heterocycles. The third-order valence-electron chi connectivity index (χ3n) is 3.23. The van der Waals surface area contributed by atoms with Crippen molar-refractivity contribution >= 4 is 5.91 Å². The second-order valence-corrected chi connectivity index (χ2v) is 4.74. The molecule has 0 radical (unpaired) electrons. The Hall–Kier alpha value is -1.66. The van der Waals surface area contributed by atoms with Crippen LogP contribution in [0.2, 0.25) is 0 Å². The van der Waals surface area contributed by atoms with E-state index in [1.807, 2.05) is 0 Å². The predicted molar refractivity (Wildman–Crippen MR) is 72.2 cm³/mol. The van der Waals surface area contributed by atoms with Gasteiger partial charge in [0, 0.05) is 6.54 Å². The SMILES string of the molecule is O=C(NCCOC1CCNCC1)c1cc(F)ccc1O. The van der Waals surface area contributed by atoms with Crippen LogP contribution in [-0.2, 0) is 4.74 Å². The molecule has 0 unspecified atom stereocenters. The number of ether oxygens (including phenoxy) is 1. The summed E-state index contributed by atoms with van der Waals surface area (Å²) in [5.74, 6) is -1.29. The molecule has 0 spiro atoms. The fourth-order valence-electron chi connectivity index (χ4n) is 2.14. The first-order valence-electron chi connectivity index (χ1n) is 6.76. The summed E-state index contributed by atoms with van der Waals surface area (Å²) in [6.07, 6.45) is 2.17. The van der Waals surface area contributed by atoms with Gasteiger partial charge in [0.15, 0.2) is 0 Å². The molecule has 1 fully saturated rings. The molecule has 0 aromatic heterocycles. The Morgan fingerprint density at radius 2 is 2.20 bits per heavy atom. The second kappa shape index (κ2) is 7.21. The number of hydrogen-bond acceptors (Lipinski definition) is 4. The third kappa shape index (κ3) is 4.18. The largest absolute Gasteiger partial charge is 0.507 e. The highest BCUT2D eigenvalue weighted by molar-refractivity contribution is 5.96. The van der Waals surface area contributed by atoms with E-state index in [0.717, 1.165) is 44.1 Å². The number of rotatable bonds is 5. The molecule has 3 N–H and O–H groups in total. The van der Waals surface area contributed by atoms with Crippen LogP contribution in [0.4, 0.5) is 4.39 Å². The van der Waals surface area contributed by atoms with Crippen molar-refractivity contribution in [2.75, 3.05) is 26.2 Å². The molecule has 1 amide bonds. The van der Waals surface area contributed by atoms with E-state index in [0.29, 0.717) is 13.2 Å². The van der Waals surface area contributed by atoms with Crippen LogP contribution in [0.25, 0.3) is 0 Å². The van der Waals surface area contributed by atoms with Gasteiger partial charge in [0.05, 0.1) is 18.3 Å². The maximum Gasteiger partial charge on any atom is 0.255 e. The van der Waals surface area contributed by atoms with E-state index in [2.05, 4.69) is 10.6 Å². The van der Waals surface area contributed by atoms with Crippen LogP contribution in [0.1, 0.15) is 23.2 Å². The van der Waals surface area contributed by atoms with Crippen molar-refractivity contribution in [2.24, 2.45) is 0 Å². The van der Waals surface area contributed by atoms with Gasteiger partial charge in [-0.05, 0) is 44.1 Å². The number of benzene rings is 1. The van der Waals surface area contributed by atoms with E-state index in [-0.39, 0.29) is 17.4 Å². The lowest BCUT2D eigenvalue weighted by Gasteiger charge is -2.22. The van der Waals surface area contributed by atoms with Gasteiger partial charge in [0.1, 0.15) is 11.6 Å². The summed E-state index contributed by atoms with van der Waals surface area (Å²) in [6, 6.07) is 3.28. The molecule has 5 nitrogen and oxygen atoms in total.